The quantitative estimate of drug-likeness (QED) is 0.645. The topological polar surface area (TPSA) is 104 Å². The predicted octanol–water partition coefficient (Wildman–Crippen LogP) is 4.63. The van der Waals surface area contributed by atoms with E-state index in [1.165, 1.54) is 6.07 Å². The van der Waals surface area contributed by atoms with Crippen molar-refractivity contribution in [2.75, 3.05) is 10.6 Å². The van der Waals surface area contributed by atoms with Crippen molar-refractivity contribution < 1.29 is 4.79 Å². The zero-order valence-corrected chi connectivity index (χ0v) is 15.8. The average Bonchev–Trinajstić information content (AvgIpc) is 2.60. The van der Waals surface area contributed by atoms with Crippen molar-refractivity contribution in [3.05, 3.63) is 52.6 Å². The molecule has 0 aliphatic carbocycles. The Morgan fingerprint density at radius 2 is 2.00 bits per heavy atom. The molecule has 0 atom stereocenters. The Kier molecular flexibility index (Phi) is 5.19. The van der Waals surface area contributed by atoms with E-state index in [1.807, 2.05) is 19.9 Å². The summed E-state index contributed by atoms with van der Waals surface area (Å²) in [6, 6.07) is 8.19. The van der Waals surface area contributed by atoms with Crippen LogP contribution in [0.15, 0.2) is 30.5 Å². The summed E-state index contributed by atoms with van der Waals surface area (Å²) in [5.74, 6) is 0.0881. The van der Waals surface area contributed by atoms with E-state index in [0.717, 1.165) is 5.56 Å². The van der Waals surface area contributed by atoms with Crippen LogP contribution in [0, 0.1) is 18.3 Å². The minimum absolute atomic E-state index is 0.0881. The van der Waals surface area contributed by atoms with Crippen LogP contribution in [-0.2, 0) is 0 Å². The van der Waals surface area contributed by atoms with Crippen LogP contribution >= 0.6 is 11.6 Å². The smallest absolute Gasteiger partial charge is 0.308 e. The second kappa shape index (κ2) is 7.56. The molecule has 0 aliphatic heterocycles. The van der Waals surface area contributed by atoms with Crippen molar-refractivity contribution in [1.29, 1.82) is 5.26 Å². The Morgan fingerprint density at radius 1 is 1.22 bits per heavy atom. The lowest BCUT2D eigenvalue weighted by Crippen LogP contribution is -2.21. The number of nitriles is 1. The number of carbonyl (C=O) groups excluding carboxylic acids is 1. The lowest BCUT2D eigenvalue weighted by atomic mass is 10.0. The number of fused-ring (bicyclic) bond motifs is 1. The summed E-state index contributed by atoms with van der Waals surface area (Å²) in [5.41, 5.74) is 4.12. The second-order valence-corrected chi connectivity index (χ2v) is 6.70. The highest BCUT2D eigenvalue weighted by Crippen LogP contribution is 2.30. The van der Waals surface area contributed by atoms with Gasteiger partial charge in [0.05, 0.1) is 22.9 Å². The summed E-state index contributed by atoms with van der Waals surface area (Å²) in [5, 5.41) is 14.9. The van der Waals surface area contributed by atoms with Gasteiger partial charge in [0.25, 0.3) is 0 Å². The Hall–Kier alpha value is -3.24. The zero-order valence-electron chi connectivity index (χ0n) is 15.0. The van der Waals surface area contributed by atoms with Gasteiger partial charge in [-0.2, -0.15) is 5.26 Å². The van der Waals surface area contributed by atoms with Crippen LogP contribution in [-0.4, -0.2) is 21.0 Å². The van der Waals surface area contributed by atoms with Crippen molar-refractivity contribution in [3.8, 4) is 6.07 Å². The van der Waals surface area contributed by atoms with Gasteiger partial charge in [0, 0.05) is 16.9 Å². The largest absolute Gasteiger partial charge is 0.323 e. The van der Waals surface area contributed by atoms with E-state index in [2.05, 4.69) is 25.6 Å². The standard InChI is InChI=1S/C19H17ClN6O/c1-10(2)17-15(9-22-14-4-5-16(20)26-18(14)17)25-19(27)24-12-6-11(3)23-13(7-12)8-21/h4-7,9-10H,1-3H3,(H2,23,24,25,27). The van der Waals surface area contributed by atoms with Gasteiger partial charge in [-0.15, -0.1) is 0 Å². The molecule has 0 saturated carbocycles. The molecule has 7 nitrogen and oxygen atoms in total. The van der Waals surface area contributed by atoms with E-state index in [1.54, 1.807) is 31.3 Å². The fourth-order valence-electron chi connectivity index (χ4n) is 2.83. The highest BCUT2D eigenvalue weighted by Gasteiger charge is 2.16. The summed E-state index contributed by atoms with van der Waals surface area (Å²) in [4.78, 5) is 25.3. The van der Waals surface area contributed by atoms with Crippen LogP contribution in [0.25, 0.3) is 11.0 Å². The molecule has 136 valence electrons. The molecule has 3 aromatic rings. The third kappa shape index (κ3) is 4.13. The molecule has 2 amide bonds. The molecule has 8 heteroatoms. The van der Waals surface area contributed by atoms with E-state index in [0.29, 0.717) is 33.3 Å². The summed E-state index contributed by atoms with van der Waals surface area (Å²) in [7, 11) is 0. The highest BCUT2D eigenvalue weighted by molar-refractivity contribution is 6.29. The Labute approximate surface area is 161 Å². The molecule has 3 rings (SSSR count). The maximum Gasteiger partial charge on any atom is 0.323 e. The van der Waals surface area contributed by atoms with E-state index < -0.39 is 6.03 Å². The third-order valence-corrected chi connectivity index (χ3v) is 4.08. The van der Waals surface area contributed by atoms with Crippen LogP contribution in [0.5, 0.6) is 0 Å². The molecule has 0 radical (unpaired) electrons. The highest BCUT2D eigenvalue weighted by atomic mass is 35.5. The molecule has 0 spiro atoms. The Bertz CT molecular complexity index is 1070. The Morgan fingerprint density at radius 3 is 2.70 bits per heavy atom. The van der Waals surface area contributed by atoms with Gasteiger partial charge in [-0.25, -0.2) is 14.8 Å². The summed E-state index contributed by atoms with van der Waals surface area (Å²) < 4.78 is 0. The molecule has 0 saturated heterocycles. The number of amides is 2. The third-order valence-electron chi connectivity index (χ3n) is 3.87. The molecule has 0 bridgehead atoms. The molecule has 0 fully saturated rings. The maximum absolute atomic E-state index is 12.5. The van der Waals surface area contributed by atoms with Gasteiger partial charge in [0.15, 0.2) is 0 Å². The molecule has 2 N–H and O–H groups in total. The molecular formula is C19H17ClN6O. The number of halogens is 1. The van der Waals surface area contributed by atoms with Gasteiger partial charge in [0.2, 0.25) is 0 Å². The van der Waals surface area contributed by atoms with Gasteiger partial charge >= 0.3 is 6.03 Å². The monoisotopic (exact) mass is 380 g/mol. The van der Waals surface area contributed by atoms with Crippen LogP contribution in [0.4, 0.5) is 16.2 Å². The van der Waals surface area contributed by atoms with Crippen molar-refractivity contribution in [3.63, 3.8) is 0 Å². The first-order valence-corrected chi connectivity index (χ1v) is 8.67. The Balaban J connectivity index is 1.92. The molecule has 0 unspecified atom stereocenters. The SMILES string of the molecule is Cc1cc(NC(=O)Nc2cnc3ccc(Cl)nc3c2C(C)C)cc(C#N)n1. The number of urea groups is 1. The van der Waals surface area contributed by atoms with Gasteiger partial charge in [-0.05, 0) is 37.1 Å². The number of aryl methyl sites for hydroxylation is 1. The molecule has 27 heavy (non-hydrogen) atoms. The number of rotatable bonds is 3. The minimum Gasteiger partial charge on any atom is -0.308 e. The molecular weight excluding hydrogens is 364 g/mol. The first-order chi connectivity index (χ1) is 12.9. The lowest BCUT2D eigenvalue weighted by Gasteiger charge is -2.16. The van der Waals surface area contributed by atoms with Gasteiger partial charge in [0.1, 0.15) is 16.9 Å². The summed E-state index contributed by atoms with van der Waals surface area (Å²) in [6.45, 7) is 5.77. The van der Waals surface area contributed by atoms with E-state index in [4.69, 9.17) is 16.9 Å². The number of anilines is 2. The van der Waals surface area contributed by atoms with Crippen molar-refractivity contribution in [2.45, 2.75) is 26.7 Å². The normalized spacial score (nSPS) is 10.7. The number of hydrogen-bond donors (Lipinski definition) is 2. The number of aromatic nitrogens is 3. The predicted molar refractivity (Wildman–Crippen MR) is 105 cm³/mol. The van der Waals surface area contributed by atoms with Crippen LogP contribution in [0.1, 0.15) is 36.7 Å². The number of hydrogen-bond acceptors (Lipinski definition) is 5. The van der Waals surface area contributed by atoms with Crippen LogP contribution in [0.3, 0.4) is 0 Å². The maximum atomic E-state index is 12.5. The second-order valence-electron chi connectivity index (χ2n) is 6.32. The fourth-order valence-corrected chi connectivity index (χ4v) is 2.98. The summed E-state index contributed by atoms with van der Waals surface area (Å²) >= 11 is 6.03. The number of nitrogens with zero attached hydrogens (tertiary/aromatic N) is 4. The minimum atomic E-state index is -0.449. The first kappa shape index (κ1) is 18.5. The van der Waals surface area contributed by atoms with E-state index >= 15 is 0 Å². The van der Waals surface area contributed by atoms with Crippen LogP contribution < -0.4 is 10.6 Å². The first-order valence-electron chi connectivity index (χ1n) is 8.29. The fraction of sp³-hybridized carbons (Fsp3) is 0.211. The van der Waals surface area contributed by atoms with Crippen molar-refractivity contribution in [2.24, 2.45) is 0 Å². The van der Waals surface area contributed by atoms with Gasteiger partial charge in [-0.1, -0.05) is 25.4 Å². The molecule has 3 aromatic heterocycles. The molecule has 0 aliphatic rings. The summed E-state index contributed by atoms with van der Waals surface area (Å²) in [6.07, 6.45) is 1.60. The molecule has 3 heterocycles. The number of nitrogens with one attached hydrogen (secondary N) is 2. The van der Waals surface area contributed by atoms with E-state index in [9.17, 15) is 4.79 Å². The average molecular weight is 381 g/mol. The zero-order chi connectivity index (χ0) is 19.6. The van der Waals surface area contributed by atoms with Crippen molar-refractivity contribution >= 4 is 40.0 Å². The van der Waals surface area contributed by atoms with E-state index in [-0.39, 0.29) is 11.6 Å². The lowest BCUT2D eigenvalue weighted by molar-refractivity contribution is 0.262. The van der Waals surface area contributed by atoms with Crippen LogP contribution in [0.2, 0.25) is 5.15 Å². The number of pyridine rings is 3. The van der Waals surface area contributed by atoms with Gasteiger partial charge in [-0.3, -0.25) is 4.98 Å². The van der Waals surface area contributed by atoms with Crippen molar-refractivity contribution in [1.82, 2.24) is 15.0 Å². The van der Waals surface area contributed by atoms with Gasteiger partial charge < -0.3 is 10.6 Å². The molecule has 0 aromatic carbocycles. The number of carbonyl (C=O) groups is 1.